The first-order chi connectivity index (χ1) is 8.95. The Morgan fingerprint density at radius 3 is 2.79 bits per heavy atom. The van der Waals surface area contributed by atoms with E-state index in [1.54, 1.807) is 13.1 Å². The van der Waals surface area contributed by atoms with E-state index in [0.29, 0.717) is 25.7 Å². The highest BCUT2D eigenvalue weighted by Gasteiger charge is 2.15. The van der Waals surface area contributed by atoms with Crippen molar-refractivity contribution in [2.24, 2.45) is 5.92 Å². The maximum atomic E-state index is 11.9. The standard InChI is InChI=1S/C12H23N3O3S/c1-10(2)9-18-5-4-15-19(16,17)12-6-11(7-13-3)14-8-12/h6,8,10,13-15H,4-5,7,9H2,1-3H3. The lowest BCUT2D eigenvalue weighted by atomic mass is 10.2. The van der Waals surface area contributed by atoms with Crippen LogP contribution in [0.15, 0.2) is 17.2 Å². The molecule has 0 fully saturated rings. The van der Waals surface area contributed by atoms with Gasteiger partial charge in [-0.3, -0.25) is 0 Å². The first-order valence-corrected chi connectivity index (χ1v) is 7.83. The van der Waals surface area contributed by atoms with Crippen LogP contribution in [0.5, 0.6) is 0 Å². The highest BCUT2D eigenvalue weighted by atomic mass is 32.2. The molecule has 0 saturated heterocycles. The van der Waals surface area contributed by atoms with Gasteiger partial charge in [0, 0.05) is 31.6 Å². The highest BCUT2D eigenvalue weighted by molar-refractivity contribution is 7.89. The predicted octanol–water partition coefficient (Wildman–Crippen LogP) is 0.685. The Kier molecular flexibility index (Phi) is 6.50. The number of sulfonamides is 1. The molecule has 0 aliphatic carbocycles. The molecule has 1 rings (SSSR count). The summed E-state index contributed by atoms with van der Waals surface area (Å²) in [6, 6.07) is 1.62. The average molecular weight is 289 g/mol. The van der Waals surface area contributed by atoms with Gasteiger partial charge in [0.1, 0.15) is 0 Å². The van der Waals surface area contributed by atoms with Gasteiger partial charge in [-0.1, -0.05) is 13.8 Å². The van der Waals surface area contributed by atoms with Gasteiger partial charge in [-0.25, -0.2) is 13.1 Å². The van der Waals surface area contributed by atoms with E-state index in [2.05, 4.69) is 15.0 Å². The van der Waals surface area contributed by atoms with E-state index < -0.39 is 10.0 Å². The minimum atomic E-state index is -3.45. The summed E-state index contributed by atoms with van der Waals surface area (Å²) in [4.78, 5) is 3.17. The molecule has 0 spiro atoms. The fourth-order valence-corrected chi connectivity index (χ4v) is 2.55. The second-order valence-corrected chi connectivity index (χ2v) is 6.52. The van der Waals surface area contributed by atoms with Gasteiger partial charge >= 0.3 is 0 Å². The number of aromatic nitrogens is 1. The zero-order valence-electron chi connectivity index (χ0n) is 11.7. The molecule has 3 N–H and O–H groups in total. The van der Waals surface area contributed by atoms with Crippen molar-refractivity contribution in [3.05, 3.63) is 18.0 Å². The predicted molar refractivity (Wildman–Crippen MR) is 74.4 cm³/mol. The van der Waals surface area contributed by atoms with Gasteiger partial charge in [0.2, 0.25) is 10.0 Å². The SMILES string of the molecule is CNCc1cc(S(=O)(=O)NCCOCC(C)C)c[nH]1. The van der Waals surface area contributed by atoms with Crippen molar-refractivity contribution in [1.82, 2.24) is 15.0 Å². The molecule has 6 nitrogen and oxygen atoms in total. The molecule has 19 heavy (non-hydrogen) atoms. The molecule has 0 aliphatic heterocycles. The van der Waals surface area contributed by atoms with Crippen LogP contribution in [0.1, 0.15) is 19.5 Å². The van der Waals surface area contributed by atoms with Crippen molar-refractivity contribution in [3.8, 4) is 0 Å². The van der Waals surface area contributed by atoms with Gasteiger partial charge in [0.05, 0.1) is 11.5 Å². The van der Waals surface area contributed by atoms with Crippen molar-refractivity contribution < 1.29 is 13.2 Å². The van der Waals surface area contributed by atoms with Crippen molar-refractivity contribution in [1.29, 1.82) is 0 Å². The summed E-state index contributed by atoms with van der Waals surface area (Å²) in [6.07, 6.45) is 1.49. The normalized spacial score (nSPS) is 12.2. The molecule has 7 heteroatoms. The first-order valence-electron chi connectivity index (χ1n) is 6.35. The summed E-state index contributed by atoms with van der Waals surface area (Å²) < 4.78 is 31.7. The van der Waals surface area contributed by atoms with Crippen LogP contribution in [-0.4, -0.2) is 40.2 Å². The number of aromatic amines is 1. The minimum absolute atomic E-state index is 0.251. The summed E-state index contributed by atoms with van der Waals surface area (Å²) >= 11 is 0. The number of rotatable bonds is 9. The van der Waals surface area contributed by atoms with E-state index >= 15 is 0 Å². The second kappa shape index (κ2) is 7.64. The Bertz CT molecular complexity index is 468. The molecule has 1 aromatic heterocycles. The topological polar surface area (TPSA) is 83.2 Å². The summed E-state index contributed by atoms with van der Waals surface area (Å²) in [5.41, 5.74) is 0.832. The van der Waals surface area contributed by atoms with Crippen molar-refractivity contribution >= 4 is 10.0 Å². The fourth-order valence-electron chi connectivity index (χ4n) is 1.52. The molecule has 0 radical (unpaired) electrons. The van der Waals surface area contributed by atoms with Crippen molar-refractivity contribution in [3.63, 3.8) is 0 Å². The van der Waals surface area contributed by atoms with Gasteiger partial charge in [0.15, 0.2) is 0 Å². The van der Waals surface area contributed by atoms with Crippen molar-refractivity contribution in [2.45, 2.75) is 25.3 Å². The molecule has 1 heterocycles. The van der Waals surface area contributed by atoms with Gasteiger partial charge in [-0.05, 0) is 19.0 Å². The molecule has 0 aliphatic rings. The van der Waals surface area contributed by atoms with E-state index in [9.17, 15) is 8.42 Å². The Hall–Kier alpha value is -0.890. The van der Waals surface area contributed by atoms with Crippen LogP contribution in [0.2, 0.25) is 0 Å². The maximum Gasteiger partial charge on any atom is 0.242 e. The van der Waals surface area contributed by atoms with Crippen molar-refractivity contribution in [2.75, 3.05) is 26.8 Å². The number of H-pyrrole nitrogens is 1. The van der Waals surface area contributed by atoms with E-state index in [1.165, 1.54) is 6.20 Å². The zero-order chi connectivity index (χ0) is 14.3. The lowest BCUT2D eigenvalue weighted by Gasteiger charge is -2.07. The monoisotopic (exact) mass is 289 g/mol. The molecule has 0 amide bonds. The summed E-state index contributed by atoms with van der Waals surface area (Å²) in [6.45, 7) is 6.00. The fraction of sp³-hybridized carbons (Fsp3) is 0.667. The molecule has 0 aromatic carbocycles. The summed E-state index contributed by atoms with van der Waals surface area (Å²) in [7, 11) is -1.64. The molecule has 0 atom stereocenters. The molecular weight excluding hydrogens is 266 g/mol. The highest BCUT2D eigenvalue weighted by Crippen LogP contribution is 2.10. The summed E-state index contributed by atoms with van der Waals surface area (Å²) in [5, 5.41) is 2.95. The third-order valence-electron chi connectivity index (χ3n) is 2.38. The summed E-state index contributed by atoms with van der Waals surface area (Å²) in [5.74, 6) is 0.449. The molecule has 1 aromatic rings. The lowest BCUT2D eigenvalue weighted by Crippen LogP contribution is -2.27. The number of nitrogens with one attached hydrogen (secondary N) is 3. The minimum Gasteiger partial charge on any atom is -0.380 e. The smallest absolute Gasteiger partial charge is 0.242 e. The van der Waals surface area contributed by atoms with Crippen LogP contribution in [0.3, 0.4) is 0 Å². The largest absolute Gasteiger partial charge is 0.380 e. The number of hydrogen-bond acceptors (Lipinski definition) is 4. The first kappa shape index (κ1) is 16.2. The number of hydrogen-bond donors (Lipinski definition) is 3. The third-order valence-corrected chi connectivity index (χ3v) is 3.82. The Balaban J connectivity index is 2.42. The van der Waals surface area contributed by atoms with Crippen LogP contribution >= 0.6 is 0 Å². The quantitative estimate of drug-likeness (QED) is 0.584. The van der Waals surface area contributed by atoms with E-state index in [0.717, 1.165) is 5.69 Å². The zero-order valence-corrected chi connectivity index (χ0v) is 12.5. The molecule has 0 unspecified atom stereocenters. The van der Waals surface area contributed by atoms with Crippen LogP contribution in [0.4, 0.5) is 0 Å². The average Bonchev–Trinajstić information content (AvgIpc) is 2.78. The van der Waals surface area contributed by atoms with Crippen LogP contribution in [0, 0.1) is 5.92 Å². The molecule has 0 saturated carbocycles. The lowest BCUT2D eigenvalue weighted by molar-refractivity contribution is 0.114. The Morgan fingerprint density at radius 1 is 1.42 bits per heavy atom. The molecule has 0 bridgehead atoms. The molecular formula is C12H23N3O3S. The maximum absolute atomic E-state index is 11.9. The third kappa shape index (κ3) is 5.73. The Morgan fingerprint density at radius 2 is 2.16 bits per heavy atom. The van der Waals surface area contributed by atoms with Gasteiger partial charge < -0.3 is 15.0 Å². The van der Waals surface area contributed by atoms with Gasteiger partial charge in [0.25, 0.3) is 0 Å². The Labute approximate surface area is 115 Å². The van der Waals surface area contributed by atoms with Crippen LogP contribution in [0.25, 0.3) is 0 Å². The van der Waals surface area contributed by atoms with Gasteiger partial charge in [-0.2, -0.15) is 0 Å². The van der Waals surface area contributed by atoms with Crippen LogP contribution < -0.4 is 10.0 Å². The van der Waals surface area contributed by atoms with E-state index in [-0.39, 0.29) is 11.4 Å². The van der Waals surface area contributed by atoms with E-state index in [4.69, 9.17) is 4.74 Å². The van der Waals surface area contributed by atoms with Gasteiger partial charge in [-0.15, -0.1) is 0 Å². The second-order valence-electron chi connectivity index (χ2n) is 4.76. The number of ether oxygens (including phenoxy) is 1. The van der Waals surface area contributed by atoms with E-state index in [1.807, 2.05) is 13.8 Å². The molecule has 110 valence electrons. The van der Waals surface area contributed by atoms with Crippen LogP contribution in [-0.2, 0) is 21.3 Å².